The predicted octanol–water partition coefficient (Wildman–Crippen LogP) is 1.55. The molecule has 1 heterocycles. The summed E-state index contributed by atoms with van der Waals surface area (Å²) in [4.78, 5) is 50.7. The summed E-state index contributed by atoms with van der Waals surface area (Å²) in [6.45, 7) is 7.91. The van der Waals surface area contributed by atoms with E-state index in [1.165, 1.54) is 0 Å². The number of ether oxygens (including phenoxy) is 3. The van der Waals surface area contributed by atoms with Crippen LogP contribution in [0.4, 0.5) is 4.79 Å². The summed E-state index contributed by atoms with van der Waals surface area (Å²) in [5.74, 6) is -2.80. The lowest BCUT2D eigenvalue weighted by molar-refractivity contribution is -0.160. The Bertz CT molecular complexity index is 632. The molecule has 1 saturated heterocycles. The van der Waals surface area contributed by atoms with Crippen molar-refractivity contribution in [2.45, 2.75) is 59.1 Å². The van der Waals surface area contributed by atoms with Crippen LogP contribution in [0.15, 0.2) is 0 Å². The fraction of sp³-hybridized carbons (Fsp3) is 0.706. The van der Waals surface area contributed by atoms with Crippen LogP contribution in [0.5, 0.6) is 0 Å². The lowest BCUT2D eigenvalue weighted by Crippen LogP contribution is -2.48. The molecule has 1 fully saturated rings. The zero-order chi connectivity index (χ0) is 20.1. The summed E-state index contributed by atoms with van der Waals surface area (Å²) < 4.78 is 15.0. The van der Waals surface area contributed by atoms with Gasteiger partial charge in [-0.3, -0.25) is 9.59 Å². The summed E-state index contributed by atoms with van der Waals surface area (Å²) in [5, 5.41) is 9.11. The Labute approximate surface area is 152 Å². The summed E-state index contributed by atoms with van der Waals surface area (Å²) in [6, 6.07) is 0.401. The van der Waals surface area contributed by atoms with Crippen LogP contribution in [-0.4, -0.2) is 53.7 Å². The van der Waals surface area contributed by atoms with Crippen molar-refractivity contribution in [3.05, 3.63) is 0 Å². The molecule has 9 heteroatoms. The first-order chi connectivity index (χ1) is 12.0. The minimum atomic E-state index is -1.95. The van der Waals surface area contributed by atoms with Gasteiger partial charge in [0.15, 0.2) is 5.41 Å². The lowest BCUT2D eigenvalue weighted by atomic mass is 9.82. The molecule has 0 saturated carbocycles. The van der Waals surface area contributed by atoms with E-state index >= 15 is 0 Å². The van der Waals surface area contributed by atoms with Crippen LogP contribution in [0, 0.1) is 16.7 Å². The van der Waals surface area contributed by atoms with E-state index in [2.05, 4.69) is 0 Å². The number of amides is 2. The molecule has 26 heavy (non-hydrogen) atoms. The number of imide groups is 1. The van der Waals surface area contributed by atoms with Gasteiger partial charge in [0, 0.05) is 6.42 Å². The molecule has 1 aliphatic rings. The third-order valence-electron chi connectivity index (χ3n) is 3.68. The Morgan fingerprint density at radius 2 is 1.81 bits per heavy atom. The largest absolute Gasteiger partial charge is 0.465 e. The van der Waals surface area contributed by atoms with E-state index in [1.807, 2.05) is 0 Å². The molecule has 0 aromatic heterocycles. The summed E-state index contributed by atoms with van der Waals surface area (Å²) >= 11 is 0. The average molecular weight is 368 g/mol. The van der Waals surface area contributed by atoms with Crippen molar-refractivity contribution in [3.63, 3.8) is 0 Å². The quantitative estimate of drug-likeness (QED) is 0.407. The van der Waals surface area contributed by atoms with Crippen LogP contribution in [0.2, 0.25) is 0 Å². The maximum absolute atomic E-state index is 12.9. The Hall–Kier alpha value is -2.63. The van der Waals surface area contributed by atoms with E-state index < -0.39 is 53.8 Å². The fourth-order valence-corrected chi connectivity index (χ4v) is 2.62. The molecular weight excluding hydrogens is 344 g/mol. The number of rotatable bonds is 5. The van der Waals surface area contributed by atoms with Gasteiger partial charge in [-0.1, -0.05) is 0 Å². The van der Waals surface area contributed by atoms with Gasteiger partial charge in [0.2, 0.25) is 0 Å². The number of likely N-dealkylation sites (tertiary alicyclic amines) is 1. The summed E-state index contributed by atoms with van der Waals surface area (Å²) in [7, 11) is 0. The average Bonchev–Trinajstić information content (AvgIpc) is 2.81. The van der Waals surface area contributed by atoms with Gasteiger partial charge in [0.1, 0.15) is 11.6 Å². The number of hydrogen-bond acceptors (Lipinski definition) is 8. The molecule has 0 aliphatic carbocycles. The topological polar surface area (TPSA) is 123 Å². The second-order valence-electron chi connectivity index (χ2n) is 6.76. The Morgan fingerprint density at radius 1 is 1.23 bits per heavy atom. The second-order valence-corrected chi connectivity index (χ2v) is 6.76. The minimum absolute atomic E-state index is 0.0181. The summed E-state index contributed by atoms with van der Waals surface area (Å²) in [6.07, 6.45) is -2.00. The first kappa shape index (κ1) is 21.4. The molecule has 0 aromatic rings. The molecule has 2 amide bonds. The van der Waals surface area contributed by atoms with E-state index in [9.17, 15) is 19.2 Å². The predicted molar refractivity (Wildman–Crippen MR) is 87.4 cm³/mol. The Balaban J connectivity index is 3.36. The molecule has 144 valence electrons. The Kier molecular flexibility index (Phi) is 6.73. The van der Waals surface area contributed by atoms with Gasteiger partial charge < -0.3 is 14.2 Å². The zero-order valence-electron chi connectivity index (χ0n) is 15.7. The molecule has 1 aliphatic heterocycles. The normalized spacial score (nSPS) is 22.5. The highest BCUT2D eigenvalue weighted by molar-refractivity contribution is 6.12. The van der Waals surface area contributed by atoms with Crippen molar-refractivity contribution in [3.8, 4) is 6.07 Å². The SMILES string of the molecule is CCOC(=O)[C@@H]1C[C@](CC#N)(C(=O)OCC)C(=O)N1C(=O)OC(C)(C)C. The van der Waals surface area contributed by atoms with E-state index in [-0.39, 0.29) is 13.2 Å². The van der Waals surface area contributed by atoms with Crippen LogP contribution in [-0.2, 0) is 28.6 Å². The van der Waals surface area contributed by atoms with Gasteiger partial charge >= 0.3 is 18.0 Å². The number of hydrogen-bond donors (Lipinski definition) is 0. The van der Waals surface area contributed by atoms with Crippen molar-refractivity contribution < 1.29 is 33.4 Å². The molecule has 0 N–H and O–H groups in total. The zero-order valence-corrected chi connectivity index (χ0v) is 15.7. The molecule has 0 spiro atoms. The second kappa shape index (κ2) is 8.17. The number of esters is 2. The first-order valence-corrected chi connectivity index (χ1v) is 8.31. The Morgan fingerprint density at radius 3 is 2.27 bits per heavy atom. The van der Waals surface area contributed by atoms with Gasteiger partial charge in [-0.2, -0.15) is 5.26 Å². The standard InChI is InChI=1S/C17H24N2O7/c1-6-24-12(20)11-10-17(8-9-18,14(22)25-7-2)13(21)19(11)15(23)26-16(3,4)5/h11H,6-8,10H2,1-5H3/t11-,17-/m0/s1. The maximum Gasteiger partial charge on any atom is 0.417 e. The van der Waals surface area contributed by atoms with Crippen LogP contribution in [0.1, 0.15) is 47.5 Å². The fourth-order valence-electron chi connectivity index (χ4n) is 2.62. The van der Waals surface area contributed by atoms with Crippen molar-refractivity contribution in [2.75, 3.05) is 13.2 Å². The highest BCUT2D eigenvalue weighted by Crippen LogP contribution is 2.41. The van der Waals surface area contributed by atoms with E-state index in [0.29, 0.717) is 4.90 Å². The van der Waals surface area contributed by atoms with E-state index in [0.717, 1.165) is 0 Å². The molecule has 2 atom stereocenters. The van der Waals surface area contributed by atoms with Gasteiger partial charge in [0.05, 0.1) is 25.7 Å². The van der Waals surface area contributed by atoms with Crippen molar-refractivity contribution in [2.24, 2.45) is 5.41 Å². The number of carbonyl (C=O) groups is 4. The lowest BCUT2D eigenvalue weighted by Gasteiger charge is -2.26. The first-order valence-electron chi connectivity index (χ1n) is 8.31. The van der Waals surface area contributed by atoms with Gasteiger partial charge in [-0.15, -0.1) is 0 Å². The monoisotopic (exact) mass is 368 g/mol. The molecule has 9 nitrogen and oxygen atoms in total. The van der Waals surface area contributed by atoms with Crippen LogP contribution in [0.3, 0.4) is 0 Å². The number of nitriles is 1. The highest BCUT2D eigenvalue weighted by Gasteiger charge is 2.62. The van der Waals surface area contributed by atoms with E-state index in [4.69, 9.17) is 19.5 Å². The van der Waals surface area contributed by atoms with Gasteiger partial charge in [0.25, 0.3) is 5.91 Å². The van der Waals surface area contributed by atoms with Crippen LogP contribution >= 0.6 is 0 Å². The van der Waals surface area contributed by atoms with Gasteiger partial charge in [-0.05, 0) is 34.6 Å². The number of nitrogens with zero attached hydrogens (tertiary/aromatic N) is 2. The minimum Gasteiger partial charge on any atom is -0.465 e. The van der Waals surface area contributed by atoms with Gasteiger partial charge in [-0.25, -0.2) is 14.5 Å². The number of carbonyl (C=O) groups excluding carboxylic acids is 4. The molecule has 1 rings (SSSR count). The summed E-state index contributed by atoms with van der Waals surface area (Å²) in [5.41, 5.74) is -2.87. The van der Waals surface area contributed by atoms with E-state index in [1.54, 1.807) is 40.7 Å². The van der Waals surface area contributed by atoms with Crippen molar-refractivity contribution >= 4 is 23.9 Å². The van der Waals surface area contributed by atoms with Crippen LogP contribution < -0.4 is 0 Å². The molecule has 0 aromatic carbocycles. The molecular formula is C17H24N2O7. The van der Waals surface area contributed by atoms with Crippen LogP contribution in [0.25, 0.3) is 0 Å². The maximum atomic E-state index is 12.9. The van der Waals surface area contributed by atoms with Crippen molar-refractivity contribution in [1.29, 1.82) is 5.26 Å². The highest BCUT2D eigenvalue weighted by atomic mass is 16.6. The molecule has 0 radical (unpaired) electrons. The molecule has 0 unspecified atom stereocenters. The molecule has 0 bridgehead atoms. The van der Waals surface area contributed by atoms with Crippen molar-refractivity contribution in [1.82, 2.24) is 4.90 Å². The third-order valence-corrected chi connectivity index (χ3v) is 3.68. The smallest absolute Gasteiger partial charge is 0.417 e. The third kappa shape index (κ3) is 4.31.